The maximum absolute atomic E-state index is 12.1. The summed E-state index contributed by atoms with van der Waals surface area (Å²) in [6, 6.07) is 21.3. The number of nitrogens with one attached hydrogen (secondary N) is 3. The summed E-state index contributed by atoms with van der Waals surface area (Å²) in [5.41, 5.74) is 5.41. The number of methoxy groups -OCH3 is 1. The molecule has 9 heteroatoms. The van der Waals surface area contributed by atoms with Gasteiger partial charge in [-0.25, -0.2) is 5.43 Å². The lowest BCUT2D eigenvalue weighted by Crippen LogP contribution is -2.37. The van der Waals surface area contributed by atoms with Crippen molar-refractivity contribution < 1.29 is 23.9 Å². The average molecular weight is 475 g/mol. The highest BCUT2D eigenvalue weighted by molar-refractivity contribution is 6.35. The summed E-state index contributed by atoms with van der Waals surface area (Å²) in [6.45, 7) is 2.02. The van der Waals surface area contributed by atoms with Crippen LogP contribution in [0.4, 0.5) is 5.69 Å². The van der Waals surface area contributed by atoms with E-state index < -0.39 is 11.8 Å². The van der Waals surface area contributed by atoms with Gasteiger partial charge in [-0.2, -0.15) is 5.10 Å². The molecule has 0 fully saturated rings. The van der Waals surface area contributed by atoms with E-state index in [1.54, 1.807) is 55.6 Å². The second-order valence-electron chi connectivity index (χ2n) is 7.51. The first kappa shape index (κ1) is 25.0. The number of carbonyl (C=O) groups excluding carboxylic acids is 3. The van der Waals surface area contributed by atoms with E-state index in [0.29, 0.717) is 22.7 Å². The van der Waals surface area contributed by atoms with Gasteiger partial charge >= 0.3 is 11.8 Å². The molecule has 0 atom stereocenters. The Morgan fingerprint density at radius 1 is 0.914 bits per heavy atom. The topological polar surface area (TPSA) is 118 Å². The van der Waals surface area contributed by atoms with Crippen LogP contribution in [0, 0.1) is 6.92 Å². The highest BCUT2D eigenvalue weighted by atomic mass is 16.5. The van der Waals surface area contributed by atoms with E-state index in [0.717, 1.165) is 11.1 Å². The molecule has 0 heterocycles. The maximum Gasteiger partial charge on any atom is 0.329 e. The van der Waals surface area contributed by atoms with Gasteiger partial charge in [0.2, 0.25) is 0 Å². The first-order chi connectivity index (χ1) is 16.9. The fourth-order valence-corrected chi connectivity index (χ4v) is 2.89. The van der Waals surface area contributed by atoms with Crippen molar-refractivity contribution in [3.8, 4) is 11.5 Å². The lowest BCUT2D eigenvalue weighted by molar-refractivity contribution is -0.139. The molecule has 35 heavy (non-hydrogen) atoms. The second-order valence-corrected chi connectivity index (χ2v) is 7.51. The number of ether oxygens (including phenoxy) is 2. The van der Waals surface area contributed by atoms with Crippen LogP contribution in [-0.4, -0.2) is 37.7 Å². The van der Waals surface area contributed by atoms with Crippen LogP contribution in [0.15, 0.2) is 77.9 Å². The third-order valence-corrected chi connectivity index (χ3v) is 4.76. The minimum Gasteiger partial charge on any atom is -0.497 e. The summed E-state index contributed by atoms with van der Waals surface area (Å²) >= 11 is 0. The summed E-state index contributed by atoms with van der Waals surface area (Å²) < 4.78 is 10.6. The van der Waals surface area contributed by atoms with Crippen LogP contribution in [0.25, 0.3) is 0 Å². The van der Waals surface area contributed by atoms with Crippen molar-refractivity contribution in [2.45, 2.75) is 13.5 Å². The number of nitrogens with zero attached hydrogens (tertiary/aromatic N) is 1. The van der Waals surface area contributed by atoms with Gasteiger partial charge in [-0.3, -0.25) is 14.4 Å². The standard InChI is InChI=1S/C26H26N4O5/c1-18-6-8-19(9-7-18)15-27-25(32)26(33)30-28-16-20-4-3-5-23(14-20)35-17-24(31)29-21-10-12-22(34-2)13-11-21/h3-14,16H,15,17H2,1-2H3,(H,27,32)(H,29,31)(H,30,33)/b28-16-. The zero-order valence-electron chi connectivity index (χ0n) is 19.4. The van der Waals surface area contributed by atoms with Crippen LogP contribution in [0.3, 0.4) is 0 Å². The molecule has 180 valence electrons. The van der Waals surface area contributed by atoms with Gasteiger partial charge < -0.3 is 20.1 Å². The Balaban J connectivity index is 1.43. The van der Waals surface area contributed by atoms with Crippen LogP contribution in [-0.2, 0) is 20.9 Å². The third-order valence-electron chi connectivity index (χ3n) is 4.76. The molecule has 3 N–H and O–H groups in total. The molecule has 3 rings (SSSR count). The predicted molar refractivity (Wildman–Crippen MR) is 132 cm³/mol. The zero-order chi connectivity index (χ0) is 25.0. The molecular weight excluding hydrogens is 448 g/mol. The summed E-state index contributed by atoms with van der Waals surface area (Å²) in [5.74, 6) is -0.852. The number of hydrogen-bond acceptors (Lipinski definition) is 6. The lowest BCUT2D eigenvalue weighted by Gasteiger charge is -2.08. The second kappa shape index (κ2) is 12.5. The number of hydrazone groups is 1. The Morgan fingerprint density at radius 2 is 1.66 bits per heavy atom. The van der Waals surface area contributed by atoms with Crippen molar-refractivity contribution in [3.63, 3.8) is 0 Å². The molecule has 0 aliphatic carbocycles. The molecule has 0 radical (unpaired) electrons. The molecule has 0 saturated carbocycles. The molecule has 0 bridgehead atoms. The first-order valence-electron chi connectivity index (χ1n) is 10.8. The Morgan fingerprint density at radius 3 is 2.37 bits per heavy atom. The van der Waals surface area contributed by atoms with E-state index in [9.17, 15) is 14.4 Å². The molecule has 3 aromatic carbocycles. The van der Waals surface area contributed by atoms with Crippen LogP contribution < -0.4 is 25.5 Å². The average Bonchev–Trinajstić information content (AvgIpc) is 2.87. The van der Waals surface area contributed by atoms with E-state index in [-0.39, 0.29) is 19.1 Å². The number of carbonyl (C=O) groups is 3. The van der Waals surface area contributed by atoms with Crippen LogP contribution >= 0.6 is 0 Å². The molecule has 0 aliphatic heterocycles. The Kier molecular flexibility index (Phi) is 8.95. The van der Waals surface area contributed by atoms with E-state index in [4.69, 9.17) is 9.47 Å². The highest BCUT2D eigenvalue weighted by Crippen LogP contribution is 2.15. The molecule has 0 spiro atoms. The lowest BCUT2D eigenvalue weighted by atomic mass is 10.1. The fourth-order valence-electron chi connectivity index (χ4n) is 2.89. The van der Waals surface area contributed by atoms with Crippen molar-refractivity contribution in [1.29, 1.82) is 0 Å². The number of benzene rings is 3. The Hall–Kier alpha value is -4.66. The van der Waals surface area contributed by atoms with Gasteiger partial charge in [0.05, 0.1) is 13.3 Å². The summed E-state index contributed by atoms with van der Waals surface area (Å²) in [4.78, 5) is 36.0. The fraction of sp³-hybridized carbons (Fsp3) is 0.154. The normalized spacial score (nSPS) is 10.5. The van der Waals surface area contributed by atoms with Gasteiger partial charge in [0.25, 0.3) is 5.91 Å². The molecule has 0 saturated heterocycles. The summed E-state index contributed by atoms with van der Waals surface area (Å²) in [7, 11) is 1.57. The Bertz CT molecular complexity index is 1190. The van der Waals surface area contributed by atoms with Gasteiger partial charge in [0.15, 0.2) is 6.61 Å². The van der Waals surface area contributed by atoms with E-state index in [2.05, 4.69) is 21.2 Å². The summed E-state index contributed by atoms with van der Waals surface area (Å²) in [5, 5.41) is 9.07. The predicted octanol–water partition coefficient (Wildman–Crippen LogP) is 2.79. The number of anilines is 1. The molecule has 3 aromatic rings. The molecule has 0 aromatic heterocycles. The quantitative estimate of drug-likeness (QED) is 0.250. The maximum atomic E-state index is 12.1. The van der Waals surface area contributed by atoms with Crippen molar-refractivity contribution in [1.82, 2.24) is 10.7 Å². The smallest absolute Gasteiger partial charge is 0.329 e. The number of hydrogen-bond donors (Lipinski definition) is 3. The van der Waals surface area contributed by atoms with Crippen molar-refractivity contribution in [2.75, 3.05) is 19.0 Å². The van der Waals surface area contributed by atoms with Crippen molar-refractivity contribution >= 4 is 29.6 Å². The van der Waals surface area contributed by atoms with Gasteiger partial charge in [0.1, 0.15) is 11.5 Å². The molecule has 3 amide bonds. The molecular formula is C26H26N4O5. The van der Waals surface area contributed by atoms with E-state index in [1.165, 1.54) is 6.21 Å². The first-order valence-corrected chi connectivity index (χ1v) is 10.8. The Labute approximate surface area is 203 Å². The summed E-state index contributed by atoms with van der Waals surface area (Å²) in [6.07, 6.45) is 1.37. The van der Waals surface area contributed by atoms with Gasteiger partial charge in [-0.1, -0.05) is 42.0 Å². The van der Waals surface area contributed by atoms with Crippen molar-refractivity contribution in [3.05, 3.63) is 89.5 Å². The van der Waals surface area contributed by atoms with Crippen molar-refractivity contribution in [2.24, 2.45) is 5.10 Å². The van der Waals surface area contributed by atoms with E-state index >= 15 is 0 Å². The van der Waals surface area contributed by atoms with E-state index in [1.807, 2.05) is 31.2 Å². The van der Waals surface area contributed by atoms with Gasteiger partial charge in [-0.15, -0.1) is 0 Å². The van der Waals surface area contributed by atoms with Crippen LogP contribution in [0.2, 0.25) is 0 Å². The largest absolute Gasteiger partial charge is 0.497 e. The number of rotatable bonds is 9. The SMILES string of the molecule is COc1ccc(NC(=O)COc2cccc(/C=N\NC(=O)C(=O)NCc3ccc(C)cc3)c2)cc1. The number of amides is 3. The molecule has 9 nitrogen and oxygen atoms in total. The van der Waals surface area contributed by atoms with Gasteiger partial charge in [-0.05, 0) is 54.4 Å². The molecule has 0 unspecified atom stereocenters. The zero-order valence-corrected chi connectivity index (χ0v) is 19.4. The minimum absolute atomic E-state index is 0.190. The molecule has 0 aliphatic rings. The van der Waals surface area contributed by atoms with Crippen LogP contribution in [0.1, 0.15) is 16.7 Å². The third kappa shape index (κ3) is 8.32. The number of aryl methyl sites for hydroxylation is 1. The highest BCUT2D eigenvalue weighted by Gasteiger charge is 2.12. The van der Waals surface area contributed by atoms with Gasteiger partial charge in [0, 0.05) is 12.2 Å². The van der Waals surface area contributed by atoms with Crippen LogP contribution in [0.5, 0.6) is 11.5 Å². The minimum atomic E-state index is -0.879. The monoisotopic (exact) mass is 474 g/mol.